The minimum Gasteiger partial charge on any atom is -0.458 e. The monoisotopic (exact) mass is 306 g/mol. The minimum absolute atomic E-state index is 0.168. The van der Waals surface area contributed by atoms with Gasteiger partial charge in [0.2, 0.25) is 0 Å². The number of hydrogen-bond acceptors (Lipinski definition) is 5. The Balaban J connectivity index is 2.32. The summed E-state index contributed by atoms with van der Waals surface area (Å²) in [6.07, 6.45) is 0.0667. The first-order valence-corrected chi connectivity index (χ1v) is 7.37. The summed E-state index contributed by atoms with van der Waals surface area (Å²) < 4.78 is 5.85. The Bertz CT molecular complexity index is 658. The first kappa shape index (κ1) is 16.3. The summed E-state index contributed by atoms with van der Waals surface area (Å²) in [6.45, 7) is 8.31. The van der Waals surface area contributed by atoms with Crippen molar-refractivity contribution in [2.45, 2.75) is 45.8 Å². The van der Waals surface area contributed by atoms with Gasteiger partial charge in [0.25, 0.3) is 5.09 Å². The third-order valence-electron chi connectivity index (χ3n) is 3.37. The van der Waals surface area contributed by atoms with Crippen LogP contribution in [0, 0.1) is 10.1 Å². The number of furan rings is 1. The molecule has 0 aliphatic heterocycles. The van der Waals surface area contributed by atoms with E-state index in [1.807, 2.05) is 52.0 Å². The van der Waals surface area contributed by atoms with Crippen molar-refractivity contribution in [2.75, 3.05) is 6.54 Å². The van der Waals surface area contributed by atoms with Crippen LogP contribution in [0.2, 0.25) is 0 Å². The lowest BCUT2D eigenvalue weighted by Crippen LogP contribution is -2.39. The molecule has 0 saturated heterocycles. The zero-order valence-electron chi connectivity index (χ0n) is 13.4. The highest BCUT2D eigenvalue weighted by Gasteiger charge is 2.23. The molecule has 0 saturated carbocycles. The molecule has 2 rings (SSSR count). The smallest absolute Gasteiger partial charge is 0.295 e. The predicted octanol–water partition coefficient (Wildman–Crippen LogP) is 3.63. The first-order valence-electron chi connectivity index (χ1n) is 7.37. The summed E-state index contributed by atoms with van der Waals surface area (Å²) in [5.41, 5.74) is 1.68. The van der Waals surface area contributed by atoms with Crippen molar-refractivity contribution < 1.29 is 14.3 Å². The average Bonchev–Trinajstić information content (AvgIpc) is 2.85. The van der Waals surface area contributed by atoms with Gasteiger partial charge in [-0.25, -0.2) is 0 Å². The molecule has 120 valence electrons. The molecule has 1 atom stereocenters. The molecule has 22 heavy (non-hydrogen) atoms. The summed E-state index contributed by atoms with van der Waals surface area (Å²) in [5, 5.41) is 14.1. The van der Waals surface area contributed by atoms with Gasteiger partial charge in [-0.2, -0.15) is 0 Å². The highest BCUT2D eigenvalue weighted by atomic mass is 17.0. The van der Waals surface area contributed by atoms with E-state index in [9.17, 15) is 10.1 Å². The molecule has 1 N–H and O–H groups in total. The van der Waals surface area contributed by atoms with E-state index in [2.05, 4.69) is 5.32 Å². The maximum Gasteiger partial charge on any atom is 0.295 e. The van der Waals surface area contributed by atoms with Crippen molar-refractivity contribution >= 4 is 11.0 Å². The van der Waals surface area contributed by atoms with Crippen LogP contribution in [0.3, 0.4) is 0 Å². The number of fused-ring (bicyclic) bond motifs is 1. The molecule has 0 aliphatic carbocycles. The van der Waals surface area contributed by atoms with Crippen molar-refractivity contribution in [2.24, 2.45) is 0 Å². The van der Waals surface area contributed by atoms with Crippen LogP contribution in [-0.4, -0.2) is 17.2 Å². The number of aryl methyl sites for hydroxylation is 1. The second kappa shape index (κ2) is 6.36. The summed E-state index contributed by atoms with van der Waals surface area (Å²) in [6, 6.07) is 7.69. The van der Waals surface area contributed by atoms with Gasteiger partial charge in [0.05, 0.1) is 0 Å². The number of rotatable bonds is 6. The number of hydrogen-bond donors (Lipinski definition) is 1. The standard InChI is InChI=1S/C16H22N2O4/c1-5-11-7-6-8-12-9-13(21-15(11)12)14(22-18(19)20)10-17-16(2,3)4/h6-9,14,17H,5,10H2,1-4H3. The van der Waals surface area contributed by atoms with Crippen molar-refractivity contribution in [3.63, 3.8) is 0 Å². The van der Waals surface area contributed by atoms with Crippen LogP contribution in [0.1, 0.15) is 45.1 Å². The maximum atomic E-state index is 10.8. The van der Waals surface area contributed by atoms with E-state index in [4.69, 9.17) is 9.25 Å². The number of nitrogens with zero attached hydrogens (tertiary/aromatic N) is 1. The highest BCUT2D eigenvalue weighted by molar-refractivity contribution is 5.81. The Morgan fingerprint density at radius 1 is 1.41 bits per heavy atom. The average molecular weight is 306 g/mol. The molecular weight excluding hydrogens is 284 g/mol. The highest BCUT2D eigenvalue weighted by Crippen LogP contribution is 2.28. The Labute approximate surface area is 129 Å². The van der Waals surface area contributed by atoms with Gasteiger partial charge in [0, 0.05) is 17.5 Å². The summed E-state index contributed by atoms with van der Waals surface area (Å²) in [5.74, 6) is 0.462. The third-order valence-corrected chi connectivity index (χ3v) is 3.37. The molecule has 0 amide bonds. The van der Waals surface area contributed by atoms with Crippen LogP contribution in [0.5, 0.6) is 0 Å². The summed E-state index contributed by atoms with van der Waals surface area (Å²) >= 11 is 0. The van der Waals surface area contributed by atoms with E-state index in [1.165, 1.54) is 0 Å². The predicted molar refractivity (Wildman–Crippen MR) is 84.2 cm³/mol. The van der Waals surface area contributed by atoms with E-state index in [-0.39, 0.29) is 5.54 Å². The second-order valence-corrected chi connectivity index (χ2v) is 6.29. The SMILES string of the molecule is CCc1cccc2cc(C(CNC(C)(C)C)O[N+](=O)[O-])oc12. The van der Waals surface area contributed by atoms with E-state index in [0.717, 1.165) is 23.0 Å². The Kier molecular flexibility index (Phi) is 4.71. The van der Waals surface area contributed by atoms with Crippen LogP contribution < -0.4 is 5.32 Å². The molecule has 1 aromatic carbocycles. The molecule has 6 heteroatoms. The molecule has 0 radical (unpaired) electrons. The van der Waals surface area contributed by atoms with Crippen molar-refractivity contribution in [3.05, 3.63) is 45.7 Å². The molecule has 1 heterocycles. The largest absolute Gasteiger partial charge is 0.458 e. The third kappa shape index (κ3) is 3.98. The van der Waals surface area contributed by atoms with Gasteiger partial charge in [-0.3, -0.25) is 0 Å². The van der Waals surface area contributed by atoms with Gasteiger partial charge in [0.1, 0.15) is 11.3 Å². The fourth-order valence-corrected chi connectivity index (χ4v) is 2.27. The molecule has 1 unspecified atom stereocenters. The lowest BCUT2D eigenvalue weighted by atomic mass is 10.1. The summed E-state index contributed by atoms with van der Waals surface area (Å²) in [7, 11) is 0. The Hall–Kier alpha value is -2.08. The Morgan fingerprint density at radius 3 is 2.73 bits per heavy atom. The fraction of sp³-hybridized carbons (Fsp3) is 0.500. The van der Waals surface area contributed by atoms with E-state index in [1.54, 1.807) is 0 Å². The van der Waals surface area contributed by atoms with Crippen molar-refractivity contribution in [1.29, 1.82) is 0 Å². The Morgan fingerprint density at radius 2 is 2.14 bits per heavy atom. The van der Waals surface area contributed by atoms with Crippen LogP contribution in [0.15, 0.2) is 28.7 Å². The molecule has 1 aromatic heterocycles. The van der Waals surface area contributed by atoms with Crippen LogP contribution >= 0.6 is 0 Å². The number of nitrogens with one attached hydrogen (secondary N) is 1. The topological polar surface area (TPSA) is 77.5 Å². The van der Waals surface area contributed by atoms with Crippen LogP contribution in [-0.2, 0) is 11.3 Å². The van der Waals surface area contributed by atoms with Crippen molar-refractivity contribution in [3.8, 4) is 0 Å². The quantitative estimate of drug-likeness (QED) is 0.651. The lowest BCUT2D eigenvalue weighted by molar-refractivity contribution is -0.771. The van der Waals surface area contributed by atoms with Gasteiger partial charge in [-0.1, -0.05) is 25.1 Å². The van der Waals surface area contributed by atoms with Crippen LogP contribution in [0.25, 0.3) is 11.0 Å². The van der Waals surface area contributed by atoms with Gasteiger partial charge >= 0.3 is 0 Å². The van der Waals surface area contributed by atoms with Crippen LogP contribution in [0.4, 0.5) is 0 Å². The molecule has 0 spiro atoms. The molecule has 6 nitrogen and oxygen atoms in total. The normalized spacial score (nSPS) is 13.3. The fourth-order valence-electron chi connectivity index (χ4n) is 2.27. The van der Waals surface area contributed by atoms with Gasteiger partial charge < -0.3 is 14.6 Å². The number of para-hydroxylation sites is 1. The van der Waals surface area contributed by atoms with Gasteiger partial charge in [-0.15, -0.1) is 10.1 Å². The van der Waals surface area contributed by atoms with Gasteiger partial charge in [0.15, 0.2) is 6.10 Å². The summed E-state index contributed by atoms with van der Waals surface area (Å²) in [4.78, 5) is 15.6. The lowest BCUT2D eigenvalue weighted by Gasteiger charge is -2.23. The van der Waals surface area contributed by atoms with Crippen molar-refractivity contribution in [1.82, 2.24) is 5.32 Å². The minimum atomic E-state index is -0.775. The maximum absolute atomic E-state index is 10.8. The van der Waals surface area contributed by atoms with E-state index in [0.29, 0.717) is 12.3 Å². The zero-order chi connectivity index (χ0) is 16.3. The van der Waals surface area contributed by atoms with Gasteiger partial charge in [-0.05, 0) is 38.8 Å². The zero-order valence-corrected chi connectivity index (χ0v) is 13.4. The second-order valence-electron chi connectivity index (χ2n) is 6.29. The molecule has 0 fully saturated rings. The number of benzene rings is 1. The molecule has 0 bridgehead atoms. The first-order chi connectivity index (χ1) is 10.3. The molecule has 2 aromatic rings. The van der Waals surface area contributed by atoms with E-state index < -0.39 is 11.2 Å². The van der Waals surface area contributed by atoms with E-state index >= 15 is 0 Å². The molecule has 0 aliphatic rings. The molecular formula is C16H22N2O4.